The molecule has 2 saturated heterocycles. The molecule has 0 unspecified atom stereocenters. The van der Waals surface area contributed by atoms with Crippen molar-refractivity contribution >= 4 is 68.5 Å². The lowest BCUT2D eigenvalue weighted by atomic mass is 9.93. The zero-order valence-corrected chi connectivity index (χ0v) is 25.8. The second-order valence-electron chi connectivity index (χ2n) is 11.3. The second-order valence-corrected chi connectivity index (χ2v) is 13.3. The summed E-state index contributed by atoms with van der Waals surface area (Å²) >= 11 is 22.1. The number of halogens is 4. The SMILES string of the molecule is CN(C(=O)c1ccc(Cl)c(Br)c1)[C@@H]1CN(C(=O)C2CCN(C(=O)C3(C)CC3)CC2)C[C@H]1c1ccc(Cl)c(Cl)c1. The van der Waals surface area contributed by atoms with Crippen molar-refractivity contribution in [1.29, 1.82) is 0 Å². The van der Waals surface area contributed by atoms with Crippen molar-refractivity contribution in [2.45, 2.75) is 44.6 Å². The van der Waals surface area contributed by atoms with Crippen LogP contribution in [0, 0.1) is 11.3 Å². The van der Waals surface area contributed by atoms with Gasteiger partial charge in [-0.2, -0.15) is 0 Å². The fourth-order valence-electron chi connectivity index (χ4n) is 5.78. The van der Waals surface area contributed by atoms with Gasteiger partial charge >= 0.3 is 0 Å². The van der Waals surface area contributed by atoms with E-state index >= 15 is 0 Å². The Bertz CT molecular complexity index is 1310. The molecule has 0 aromatic heterocycles. The van der Waals surface area contributed by atoms with E-state index in [0.717, 1.165) is 18.4 Å². The minimum absolute atomic E-state index is 0.0855. The number of amides is 3. The Morgan fingerprint density at radius 3 is 2.21 bits per heavy atom. The Hall–Kier alpha value is -1.80. The lowest BCUT2D eigenvalue weighted by Crippen LogP contribution is -2.46. The summed E-state index contributed by atoms with van der Waals surface area (Å²) < 4.78 is 0.646. The standard InChI is InChI=1S/C29H31BrCl3N3O3/c1-29(9-10-29)28(39)35-11-7-17(8-12-35)27(38)36-15-20(18-3-6-23(32)24(33)14-18)25(16-36)34(2)26(37)19-4-5-22(31)21(30)13-19/h3-6,13-14,17,20,25H,7-12,15-16H2,1-2H3/t20-,25+/m0/s1. The van der Waals surface area contributed by atoms with E-state index in [1.54, 1.807) is 36.2 Å². The van der Waals surface area contributed by atoms with Crippen molar-refractivity contribution in [3.8, 4) is 0 Å². The molecule has 2 aliphatic heterocycles. The summed E-state index contributed by atoms with van der Waals surface area (Å²) in [5.74, 6) is -0.116. The maximum Gasteiger partial charge on any atom is 0.253 e. The van der Waals surface area contributed by atoms with Gasteiger partial charge in [-0.05, 0) is 77.5 Å². The van der Waals surface area contributed by atoms with E-state index in [0.29, 0.717) is 64.1 Å². The Morgan fingerprint density at radius 1 is 0.923 bits per heavy atom. The monoisotopic (exact) mass is 653 g/mol. The van der Waals surface area contributed by atoms with Crippen LogP contribution in [0.3, 0.4) is 0 Å². The molecule has 0 spiro atoms. The molecule has 1 aliphatic carbocycles. The van der Waals surface area contributed by atoms with Crippen molar-refractivity contribution in [1.82, 2.24) is 14.7 Å². The van der Waals surface area contributed by atoms with E-state index in [2.05, 4.69) is 15.9 Å². The van der Waals surface area contributed by atoms with Gasteiger partial charge in [0.15, 0.2) is 0 Å². The lowest BCUT2D eigenvalue weighted by Gasteiger charge is -2.34. The zero-order chi connectivity index (χ0) is 28.1. The maximum atomic E-state index is 13.7. The van der Waals surface area contributed by atoms with Crippen molar-refractivity contribution in [3.05, 3.63) is 67.1 Å². The third-order valence-corrected chi connectivity index (χ3v) is 10.6. The van der Waals surface area contributed by atoms with Crippen molar-refractivity contribution in [2.75, 3.05) is 33.2 Å². The Kier molecular flexibility index (Phi) is 8.27. The number of hydrogen-bond donors (Lipinski definition) is 0. The molecule has 0 bridgehead atoms. The van der Waals surface area contributed by atoms with Crippen molar-refractivity contribution in [3.63, 3.8) is 0 Å². The summed E-state index contributed by atoms with van der Waals surface area (Å²) in [6, 6.07) is 10.3. The zero-order valence-electron chi connectivity index (χ0n) is 21.9. The average molecular weight is 656 g/mol. The van der Waals surface area contributed by atoms with Crippen molar-refractivity contribution < 1.29 is 14.4 Å². The number of carbonyl (C=O) groups excluding carboxylic acids is 3. The van der Waals surface area contributed by atoms with Crippen LogP contribution in [0.4, 0.5) is 0 Å². The van der Waals surface area contributed by atoms with E-state index in [1.807, 2.05) is 28.9 Å². The van der Waals surface area contributed by atoms with E-state index in [-0.39, 0.29) is 41.0 Å². The van der Waals surface area contributed by atoms with Crippen molar-refractivity contribution in [2.24, 2.45) is 11.3 Å². The van der Waals surface area contributed by atoms with Gasteiger partial charge in [0.25, 0.3) is 5.91 Å². The number of hydrogen-bond acceptors (Lipinski definition) is 3. The summed E-state index contributed by atoms with van der Waals surface area (Å²) in [4.78, 5) is 45.5. The molecule has 2 aromatic carbocycles. The van der Waals surface area contributed by atoms with Crippen LogP contribution >= 0.6 is 50.7 Å². The average Bonchev–Trinajstić information content (AvgIpc) is 3.53. The molecule has 2 heterocycles. The van der Waals surface area contributed by atoms with E-state index in [9.17, 15) is 14.4 Å². The van der Waals surface area contributed by atoms with Gasteiger partial charge in [-0.25, -0.2) is 0 Å². The molecule has 3 aliphatic rings. The van der Waals surface area contributed by atoms with Gasteiger partial charge in [-0.15, -0.1) is 0 Å². The van der Waals surface area contributed by atoms with Gasteiger partial charge in [0.1, 0.15) is 0 Å². The molecule has 39 heavy (non-hydrogen) atoms. The molecule has 10 heteroatoms. The molecule has 2 atom stereocenters. The van der Waals surface area contributed by atoms with Crippen LogP contribution in [-0.4, -0.2) is 71.7 Å². The number of likely N-dealkylation sites (tertiary alicyclic amines) is 2. The molecular weight excluding hydrogens is 625 g/mol. The van der Waals surface area contributed by atoms with Gasteiger partial charge in [0, 0.05) is 60.5 Å². The number of rotatable bonds is 5. The second kappa shape index (κ2) is 11.2. The highest BCUT2D eigenvalue weighted by atomic mass is 79.9. The molecule has 5 rings (SSSR count). The molecule has 0 N–H and O–H groups in total. The highest BCUT2D eigenvalue weighted by Crippen LogP contribution is 2.47. The topological polar surface area (TPSA) is 60.9 Å². The Balaban J connectivity index is 1.34. The van der Waals surface area contributed by atoms with Gasteiger partial charge in [-0.3, -0.25) is 14.4 Å². The summed E-state index contributed by atoms with van der Waals surface area (Å²) in [6.07, 6.45) is 3.23. The fraction of sp³-hybridized carbons (Fsp3) is 0.483. The highest BCUT2D eigenvalue weighted by Gasteiger charge is 2.48. The van der Waals surface area contributed by atoms with Crippen LogP contribution in [-0.2, 0) is 9.59 Å². The largest absolute Gasteiger partial charge is 0.342 e. The molecule has 208 valence electrons. The molecular formula is C29H31BrCl3N3O3. The predicted molar refractivity (Wildman–Crippen MR) is 157 cm³/mol. The van der Waals surface area contributed by atoms with E-state index in [4.69, 9.17) is 34.8 Å². The highest BCUT2D eigenvalue weighted by molar-refractivity contribution is 9.10. The minimum atomic E-state index is -0.260. The molecule has 6 nitrogen and oxygen atoms in total. The van der Waals surface area contributed by atoms with E-state index in [1.165, 1.54) is 0 Å². The third kappa shape index (κ3) is 5.83. The fourth-order valence-corrected chi connectivity index (χ4v) is 6.59. The smallest absolute Gasteiger partial charge is 0.253 e. The van der Waals surface area contributed by atoms with E-state index < -0.39 is 0 Å². The number of benzene rings is 2. The molecule has 2 aromatic rings. The number of nitrogens with zero attached hydrogens (tertiary/aromatic N) is 3. The summed E-state index contributed by atoms with van der Waals surface area (Å²) in [7, 11) is 1.77. The molecule has 3 amide bonds. The minimum Gasteiger partial charge on any atom is -0.342 e. The van der Waals surface area contributed by atoms with Crippen LogP contribution in [0.1, 0.15) is 54.4 Å². The van der Waals surface area contributed by atoms with Gasteiger partial charge in [0.2, 0.25) is 11.8 Å². The first kappa shape index (κ1) is 28.7. The Labute approximate surface area is 252 Å². The number of piperidine rings is 1. The first-order valence-electron chi connectivity index (χ1n) is 13.2. The van der Waals surface area contributed by atoms with Crippen LogP contribution in [0.5, 0.6) is 0 Å². The summed E-state index contributed by atoms with van der Waals surface area (Å²) in [6.45, 7) is 4.14. The van der Waals surface area contributed by atoms with Gasteiger partial charge < -0.3 is 14.7 Å². The Morgan fingerprint density at radius 2 is 1.59 bits per heavy atom. The van der Waals surface area contributed by atoms with Crippen LogP contribution in [0.2, 0.25) is 15.1 Å². The number of likely N-dealkylation sites (N-methyl/N-ethyl adjacent to an activating group) is 1. The number of carbonyl (C=O) groups is 3. The summed E-state index contributed by atoms with van der Waals surface area (Å²) in [5.41, 5.74) is 1.25. The normalized spacial score (nSPS) is 22.6. The first-order valence-corrected chi connectivity index (χ1v) is 15.2. The third-order valence-electron chi connectivity index (χ3n) is 8.60. The van der Waals surface area contributed by atoms with Crippen LogP contribution in [0.25, 0.3) is 0 Å². The maximum absolute atomic E-state index is 13.7. The molecule has 0 radical (unpaired) electrons. The lowest BCUT2D eigenvalue weighted by molar-refractivity contribution is -0.142. The predicted octanol–water partition coefficient (Wildman–Crippen LogP) is 6.51. The van der Waals surface area contributed by atoms with Gasteiger partial charge in [-0.1, -0.05) is 47.8 Å². The molecule has 1 saturated carbocycles. The quantitative estimate of drug-likeness (QED) is 0.369. The van der Waals surface area contributed by atoms with Crippen LogP contribution in [0.15, 0.2) is 40.9 Å². The summed E-state index contributed by atoms with van der Waals surface area (Å²) in [5, 5.41) is 1.42. The van der Waals surface area contributed by atoms with Crippen LogP contribution < -0.4 is 0 Å². The molecule has 3 fully saturated rings. The first-order chi connectivity index (χ1) is 18.5. The van der Waals surface area contributed by atoms with Gasteiger partial charge in [0.05, 0.1) is 21.1 Å².